The maximum absolute atomic E-state index is 3.54. The third kappa shape index (κ3) is 7.25. The van der Waals surface area contributed by atoms with E-state index in [0.29, 0.717) is 5.92 Å². The Morgan fingerprint density at radius 3 is 2.32 bits per heavy atom. The Bertz CT molecular complexity index is 330. The van der Waals surface area contributed by atoms with E-state index in [4.69, 9.17) is 0 Å². The number of rotatable bonds is 10. The number of hydrogen-bond donors (Lipinski definition) is 1. The molecule has 1 aromatic carbocycles. The highest BCUT2D eigenvalue weighted by Crippen LogP contribution is 2.18. The lowest BCUT2D eigenvalue weighted by Gasteiger charge is -2.10. The molecular formula is C18H31N. The second-order valence-electron chi connectivity index (χ2n) is 5.83. The van der Waals surface area contributed by atoms with Gasteiger partial charge in [-0.1, -0.05) is 71.4 Å². The molecule has 1 aromatic rings. The summed E-state index contributed by atoms with van der Waals surface area (Å²) in [6.07, 6.45) is 9.62. The normalized spacial score (nSPS) is 10.9. The van der Waals surface area contributed by atoms with Crippen LogP contribution in [0.5, 0.6) is 0 Å². The average Bonchev–Trinajstić information content (AvgIpc) is 2.42. The van der Waals surface area contributed by atoms with Gasteiger partial charge in [0, 0.05) is 12.2 Å². The van der Waals surface area contributed by atoms with Gasteiger partial charge in [-0.25, -0.2) is 0 Å². The molecule has 0 heterocycles. The fraction of sp³-hybridized carbons (Fsp3) is 0.667. The third-order valence-corrected chi connectivity index (χ3v) is 3.66. The molecule has 0 fully saturated rings. The fourth-order valence-electron chi connectivity index (χ4n) is 2.32. The van der Waals surface area contributed by atoms with Crippen molar-refractivity contribution in [3.63, 3.8) is 0 Å². The minimum atomic E-state index is 0.611. The van der Waals surface area contributed by atoms with E-state index in [9.17, 15) is 0 Å². The zero-order chi connectivity index (χ0) is 13.9. The molecule has 0 saturated heterocycles. The van der Waals surface area contributed by atoms with Crippen LogP contribution in [0.1, 0.15) is 77.2 Å². The van der Waals surface area contributed by atoms with Crippen molar-refractivity contribution in [1.82, 2.24) is 0 Å². The van der Waals surface area contributed by atoms with Gasteiger partial charge in [0.25, 0.3) is 0 Å². The molecule has 0 aliphatic rings. The lowest BCUT2D eigenvalue weighted by atomic mass is 10.0. The number of unbranched alkanes of at least 4 members (excludes halogenated alkanes) is 6. The van der Waals surface area contributed by atoms with E-state index in [1.54, 1.807) is 0 Å². The second-order valence-corrected chi connectivity index (χ2v) is 5.83. The van der Waals surface area contributed by atoms with Gasteiger partial charge >= 0.3 is 0 Å². The van der Waals surface area contributed by atoms with Crippen LogP contribution in [0.4, 0.5) is 5.69 Å². The van der Waals surface area contributed by atoms with Crippen LogP contribution in [0.2, 0.25) is 0 Å². The number of benzene rings is 1. The van der Waals surface area contributed by atoms with Crippen molar-refractivity contribution >= 4 is 5.69 Å². The molecular weight excluding hydrogens is 230 g/mol. The summed E-state index contributed by atoms with van der Waals surface area (Å²) < 4.78 is 0. The van der Waals surface area contributed by atoms with Crippen molar-refractivity contribution in [2.24, 2.45) is 0 Å². The predicted octanol–water partition coefficient (Wildman–Crippen LogP) is 5.97. The van der Waals surface area contributed by atoms with Crippen LogP contribution in [-0.4, -0.2) is 6.54 Å². The molecule has 1 nitrogen and oxygen atoms in total. The molecule has 1 rings (SSSR count). The zero-order valence-corrected chi connectivity index (χ0v) is 13.0. The Kier molecular flexibility index (Phi) is 8.36. The first-order chi connectivity index (χ1) is 9.24. The van der Waals surface area contributed by atoms with Crippen LogP contribution in [-0.2, 0) is 0 Å². The third-order valence-electron chi connectivity index (χ3n) is 3.66. The summed E-state index contributed by atoms with van der Waals surface area (Å²) >= 11 is 0. The van der Waals surface area contributed by atoms with Crippen molar-refractivity contribution in [2.75, 3.05) is 11.9 Å². The molecule has 108 valence electrons. The van der Waals surface area contributed by atoms with Crippen LogP contribution in [0.15, 0.2) is 24.3 Å². The van der Waals surface area contributed by atoms with Crippen LogP contribution in [0, 0.1) is 0 Å². The maximum atomic E-state index is 3.54. The molecule has 0 amide bonds. The lowest BCUT2D eigenvalue weighted by molar-refractivity contribution is 0.596. The van der Waals surface area contributed by atoms with Gasteiger partial charge in [0.15, 0.2) is 0 Å². The van der Waals surface area contributed by atoms with Gasteiger partial charge in [0.05, 0.1) is 0 Å². The molecule has 0 aromatic heterocycles. The van der Waals surface area contributed by atoms with Gasteiger partial charge in [-0.05, 0) is 30.0 Å². The Balaban J connectivity index is 2.10. The first-order valence-corrected chi connectivity index (χ1v) is 8.08. The van der Waals surface area contributed by atoms with Crippen LogP contribution in [0.3, 0.4) is 0 Å². The first kappa shape index (κ1) is 16.1. The van der Waals surface area contributed by atoms with E-state index in [2.05, 4.69) is 50.4 Å². The monoisotopic (exact) mass is 261 g/mol. The molecule has 0 aliphatic carbocycles. The summed E-state index contributed by atoms with van der Waals surface area (Å²) in [6.45, 7) is 7.87. The van der Waals surface area contributed by atoms with Gasteiger partial charge in [-0.2, -0.15) is 0 Å². The van der Waals surface area contributed by atoms with E-state index in [1.807, 2.05) is 0 Å². The van der Waals surface area contributed by atoms with Crippen molar-refractivity contribution in [3.05, 3.63) is 29.8 Å². The molecule has 0 aliphatic heterocycles. The van der Waals surface area contributed by atoms with Crippen LogP contribution in [0.25, 0.3) is 0 Å². The van der Waals surface area contributed by atoms with Crippen molar-refractivity contribution in [2.45, 2.75) is 71.6 Å². The summed E-state index contributed by atoms with van der Waals surface area (Å²) in [5.41, 5.74) is 2.70. The number of anilines is 1. The Hall–Kier alpha value is -0.980. The Labute approximate surface area is 119 Å². The molecule has 0 saturated carbocycles. The van der Waals surface area contributed by atoms with Gasteiger partial charge in [0.2, 0.25) is 0 Å². The Morgan fingerprint density at radius 2 is 1.63 bits per heavy atom. The smallest absolute Gasteiger partial charge is 0.0343 e. The highest BCUT2D eigenvalue weighted by Gasteiger charge is 1.99. The Morgan fingerprint density at radius 1 is 0.947 bits per heavy atom. The highest BCUT2D eigenvalue weighted by atomic mass is 14.9. The SMILES string of the molecule is CCCCCCCCCNc1cccc(C(C)C)c1. The maximum Gasteiger partial charge on any atom is 0.0343 e. The molecule has 0 radical (unpaired) electrons. The summed E-state index contributed by atoms with van der Waals surface area (Å²) in [6, 6.07) is 8.82. The van der Waals surface area contributed by atoms with Crippen LogP contribution >= 0.6 is 0 Å². The van der Waals surface area contributed by atoms with Gasteiger partial charge in [-0.15, -0.1) is 0 Å². The zero-order valence-electron chi connectivity index (χ0n) is 13.0. The van der Waals surface area contributed by atoms with E-state index in [-0.39, 0.29) is 0 Å². The first-order valence-electron chi connectivity index (χ1n) is 8.08. The number of nitrogens with one attached hydrogen (secondary N) is 1. The summed E-state index contributed by atoms with van der Waals surface area (Å²) in [5.74, 6) is 0.611. The molecule has 19 heavy (non-hydrogen) atoms. The largest absolute Gasteiger partial charge is 0.385 e. The van der Waals surface area contributed by atoms with Gasteiger partial charge in [-0.3, -0.25) is 0 Å². The molecule has 0 atom stereocenters. The summed E-state index contributed by atoms with van der Waals surface area (Å²) in [4.78, 5) is 0. The lowest BCUT2D eigenvalue weighted by Crippen LogP contribution is -2.02. The standard InChI is InChI=1S/C18H31N/c1-4-5-6-7-8-9-10-14-19-18-13-11-12-17(15-18)16(2)3/h11-13,15-16,19H,4-10,14H2,1-3H3. The molecule has 0 unspecified atom stereocenters. The van der Waals surface area contributed by atoms with Crippen molar-refractivity contribution < 1.29 is 0 Å². The van der Waals surface area contributed by atoms with Gasteiger partial charge < -0.3 is 5.32 Å². The minimum absolute atomic E-state index is 0.611. The second kappa shape index (κ2) is 9.89. The van der Waals surface area contributed by atoms with E-state index in [1.165, 1.54) is 56.2 Å². The van der Waals surface area contributed by atoms with E-state index < -0.39 is 0 Å². The summed E-state index contributed by atoms with van der Waals surface area (Å²) in [5, 5.41) is 3.54. The summed E-state index contributed by atoms with van der Waals surface area (Å²) in [7, 11) is 0. The molecule has 0 bridgehead atoms. The van der Waals surface area contributed by atoms with E-state index in [0.717, 1.165) is 6.54 Å². The average molecular weight is 261 g/mol. The highest BCUT2D eigenvalue weighted by molar-refractivity contribution is 5.46. The fourth-order valence-corrected chi connectivity index (χ4v) is 2.32. The van der Waals surface area contributed by atoms with Gasteiger partial charge in [0.1, 0.15) is 0 Å². The molecule has 0 spiro atoms. The quantitative estimate of drug-likeness (QED) is 0.511. The van der Waals surface area contributed by atoms with E-state index >= 15 is 0 Å². The van der Waals surface area contributed by atoms with Crippen LogP contribution < -0.4 is 5.32 Å². The van der Waals surface area contributed by atoms with Crippen molar-refractivity contribution in [3.8, 4) is 0 Å². The molecule has 1 heteroatoms. The minimum Gasteiger partial charge on any atom is -0.385 e. The topological polar surface area (TPSA) is 12.0 Å². The molecule has 1 N–H and O–H groups in total. The number of hydrogen-bond acceptors (Lipinski definition) is 1. The van der Waals surface area contributed by atoms with Crippen molar-refractivity contribution in [1.29, 1.82) is 0 Å². The predicted molar refractivity (Wildman–Crippen MR) is 87.0 cm³/mol.